The van der Waals surface area contributed by atoms with Crippen LogP contribution in [-0.4, -0.2) is 12.2 Å². The van der Waals surface area contributed by atoms with Gasteiger partial charge >= 0.3 is 0 Å². The van der Waals surface area contributed by atoms with E-state index in [1.807, 2.05) is 0 Å². The van der Waals surface area contributed by atoms with Crippen molar-refractivity contribution in [1.82, 2.24) is 0 Å². The minimum absolute atomic E-state index is 0.0460. The molecule has 0 aliphatic carbocycles. The zero-order valence-corrected chi connectivity index (χ0v) is 15.6. The number of aliphatic hydroxyl groups excluding tert-OH is 1. The molecule has 0 amide bonds. The lowest BCUT2D eigenvalue weighted by Gasteiger charge is -2.13. The third-order valence-corrected chi connectivity index (χ3v) is 6.31. The number of benzene rings is 3. The molecular formula is C22H25OS+. The average Bonchev–Trinajstić information content (AvgIpc) is 2.61. The van der Waals surface area contributed by atoms with Gasteiger partial charge in [0.2, 0.25) is 0 Å². The van der Waals surface area contributed by atoms with Gasteiger partial charge in [0.25, 0.3) is 0 Å². The summed E-state index contributed by atoms with van der Waals surface area (Å²) in [6, 6.07) is 26.3. The molecule has 0 aliphatic rings. The Kier molecular flexibility index (Phi) is 6.65. The maximum Gasteiger partial charge on any atom is 0.172 e. The van der Waals surface area contributed by atoms with Gasteiger partial charge in [-0.05, 0) is 45.0 Å². The summed E-state index contributed by atoms with van der Waals surface area (Å²) in [5, 5.41) is 7.00. The maximum atomic E-state index is 7.00. The highest BCUT2D eigenvalue weighted by atomic mass is 32.2. The molecule has 0 heterocycles. The second kappa shape index (κ2) is 8.72. The largest absolute Gasteiger partial charge is 0.400 e. The van der Waals surface area contributed by atoms with Gasteiger partial charge in [-0.15, -0.1) is 0 Å². The van der Waals surface area contributed by atoms with Crippen molar-refractivity contribution >= 4 is 10.9 Å². The molecule has 0 fully saturated rings. The number of hydrogen-bond acceptors (Lipinski definition) is 1. The van der Waals surface area contributed by atoms with Crippen LogP contribution in [0, 0.1) is 20.8 Å². The summed E-state index contributed by atoms with van der Waals surface area (Å²) < 4.78 is 0. The zero-order valence-electron chi connectivity index (χ0n) is 14.8. The Morgan fingerprint density at radius 3 is 1.38 bits per heavy atom. The maximum absolute atomic E-state index is 7.00. The van der Waals surface area contributed by atoms with Gasteiger partial charge in [-0.1, -0.05) is 54.1 Å². The van der Waals surface area contributed by atoms with Crippen LogP contribution in [0.15, 0.2) is 87.5 Å². The molecule has 1 N–H and O–H groups in total. The van der Waals surface area contributed by atoms with E-state index in [-0.39, 0.29) is 10.9 Å². The van der Waals surface area contributed by atoms with Crippen LogP contribution in [0.5, 0.6) is 0 Å². The fourth-order valence-electron chi connectivity index (χ4n) is 2.97. The van der Waals surface area contributed by atoms with Crippen molar-refractivity contribution in [2.75, 3.05) is 7.11 Å². The summed E-state index contributed by atoms with van der Waals surface area (Å²) in [4.78, 5) is 4.22. The van der Waals surface area contributed by atoms with Crippen LogP contribution in [0.3, 0.4) is 0 Å². The fourth-order valence-corrected chi connectivity index (χ4v) is 5.34. The molecule has 0 atom stereocenters. The molecule has 1 nitrogen and oxygen atoms in total. The SMILES string of the molecule is CO.Cc1cc(C)c([S+](c2ccccc2)c2ccccc2)c(C)c1. The van der Waals surface area contributed by atoms with Crippen LogP contribution >= 0.6 is 0 Å². The molecule has 0 spiro atoms. The van der Waals surface area contributed by atoms with Gasteiger partial charge in [0.1, 0.15) is 0 Å². The van der Waals surface area contributed by atoms with Crippen LogP contribution in [-0.2, 0) is 10.9 Å². The molecule has 24 heavy (non-hydrogen) atoms. The Labute approximate surface area is 148 Å². The molecule has 124 valence electrons. The topological polar surface area (TPSA) is 20.2 Å². The molecule has 2 heteroatoms. The molecule has 0 radical (unpaired) electrons. The first kappa shape index (κ1) is 18.3. The predicted octanol–water partition coefficient (Wildman–Crippen LogP) is 5.32. The Morgan fingerprint density at radius 1 is 0.625 bits per heavy atom. The summed E-state index contributed by atoms with van der Waals surface area (Å²) in [5.74, 6) is 0. The van der Waals surface area contributed by atoms with E-state index in [0.29, 0.717) is 0 Å². The second-order valence-electron chi connectivity index (χ2n) is 5.66. The van der Waals surface area contributed by atoms with Crippen LogP contribution < -0.4 is 0 Å². The van der Waals surface area contributed by atoms with Crippen LogP contribution in [0.2, 0.25) is 0 Å². The highest BCUT2D eigenvalue weighted by molar-refractivity contribution is 7.97. The van der Waals surface area contributed by atoms with Gasteiger partial charge in [0.05, 0.1) is 10.9 Å². The highest BCUT2D eigenvalue weighted by Gasteiger charge is 2.31. The minimum atomic E-state index is -0.0460. The molecule has 0 saturated heterocycles. The molecule has 0 aliphatic heterocycles. The summed E-state index contributed by atoms with van der Waals surface area (Å²) in [6.45, 7) is 6.65. The first-order valence-corrected chi connectivity index (χ1v) is 9.26. The normalized spacial score (nSPS) is 10.2. The van der Waals surface area contributed by atoms with Crippen LogP contribution in [0.1, 0.15) is 16.7 Å². The summed E-state index contributed by atoms with van der Waals surface area (Å²) in [7, 11) is 0.954. The Bertz CT molecular complexity index is 704. The lowest BCUT2D eigenvalue weighted by Crippen LogP contribution is -2.08. The van der Waals surface area contributed by atoms with Gasteiger partial charge in [-0.25, -0.2) is 0 Å². The summed E-state index contributed by atoms with van der Waals surface area (Å²) in [5.41, 5.74) is 4.10. The summed E-state index contributed by atoms with van der Waals surface area (Å²) >= 11 is 0. The van der Waals surface area contributed by atoms with E-state index in [9.17, 15) is 0 Å². The zero-order chi connectivity index (χ0) is 17.5. The quantitative estimate of drug-likeness (QED) is 0.642. The van der Waals surface area contributed by atoms with Gasteiger partial charge in [0.15, 0.2) is 14.7 Å². The van der Waals surface area contributed by atoms with Crippen LogP contribution in [0.25, 0.3) is 0 Å². The highest BCUT2D eigenvalue weighted by Crippen LogP contribution is 2.35. The predicted molar refractivity (Wildman–Crippen MR) is 104 cm³/mol. The molecule has 0 unspecified atom stereocenters. The van der Waals surface area contributed by atoms with Crippen molar-refractivity contribution in [1.29, 1.82) is 0 Å². The van der Waals surface area contributed by atoms with Crippen molar-refractivity contribution in [2.45, 2.75) is 35.5 Å². The van der Waals surface area contributed by atoms with Gasteiger partial charge < -0.3 is 5.11 Å². The standard InChI is InChI=1S/C21H21S.CH4O/c1-16-14-17(2)21(18(3)15-16)22(19-10-6-4-7-11-19)20-12-8-5-9-13-20;1-2/h4-15H,1-3H3;2H,1H3/q+1;. The van der Waals surface area contributed by atoms with E-state index >= 15 is 0 Å². The lowest BCUT2D eigenvalue weighted by atomic mass is 10.1. The molecule has 0 aromatic heterocycles. The molecule has 0 saturated carbocycles. The number of hydrogen-bond donors (Lipinski definition) is 1. The number of aryl methyl sites for hydroxylation is 3. The van der Waals surface area contributed by atoms with Crippen molar-refractivity contribution < 1.29 is 5.11 Å². The smallest absolute Gasteiger partial charge is 0.172 e. The minimum Gasteiger partial charge on any atom is -0.400 e. The van der Waals surface area contributed by atoms with Crippen molar-refractivity contribution in [3.05, 3.63) is 89.5 Å². The second-order valence-corrected chi connectivity index (χ2v) is 7.62. The lowest BCUT2D eigenvalue weighted by molar-refractivity contribution is 0.399. The third-order valence-electron chi connectivity index (χ3n) is 3.77. The van der Waals surface area contributed by atoms with Crippen molar-refractivity contribution in [3.63, 3.8) is 0 Å². The van der Waals surface area contributed by atoms with Gasteiger partial charge in [-0.3, -0.25) is 0 Å². The Hall–Kier alpha value is -2.03. The van der Waals surface area contributed by atoms with E-state index in [1.165, 1.54) is 31.4 Å². The molecule has 3 aromatic carbocycles. The Morgan fingerprint density at radius 2 is 1.00 bits per heavy atom. The monoisotopic (exact) mass is 337 g/mol. The fraction of sp³-hybridized carbons (Fsp3) is 0.182. The van der Waals surface area contributed by atoms with E-state index < -0.39 is 0 Å². The van der Waals surface area contributed by atoms with E-state index in [2.05, 4.69) is 93.6 Å². The molecule has 3 aromatic rings. The van der Waals surface area contributed by atoms with Crippen LogP contribution in [0.4, 0.5) is 0 Å². The summed E-state index contributed by atoms with van der Waals surface area (Å²) in [6.07, 6.45) is 0. The van der Waals surface area contributed by atoms with E-state index in [0.717, 1.165) is 7.11 Å². The van der Waals surface area contributed by atoms with E-state index in [4.69, 9.17) is 5.11 Å². The van der Waals surface area contributed by atoms with Gasteiger partial charge in [-0.2, -0.15) is 0 Å². The van der Waals surface area contributed by atoms with Gasteiger partial charge in [0, 0.05) is 18.2 Å². The average molecular weight is 338 g/mol. The van der Waals surface area contributed by atoms with Crippen molar-refractivity contribution in [2.24, 2.45) is 0 Å². The molecule has 3 rings (SSSR count). The number of aliphatic hydroxyl groups is 1. The van der Waals surface area contributed by atoms with E-state index in [1.54, 1.807) is 0 Å². The third kappa shape index (κ3) is 4.08. The molecule has 0 bridgehead atoms. The Balaban J connectivity index is 0.00000100. The van der Waals surface area contributed by atoms with Crippen molar-refractivity contribution in [3.8, 4) is 0 Å². The first-order chi connectivity index (χ1) is 11.7. The first-order valence-electron chi connectivity index (χ1n) is 8.04. The molecular weight excluding hydrogens is 312 g/mol. The number of rotatable bonds is 3.